The molecule has 2 unspecified atom stereocenters. The van der Waals surface area contributed by atoms with Gasteiger partial charge in [-0.25, -0.2) is 9.97 Å². The van der Waals surface area contributed by atoms with E-state index >= 15 is 0 Å². The number of fused-ring (bicyclic) bond motifs is 2. The Morgan fingerprint density at radius 2 is 2.25 bits per heavy atom. The largest absolute Gasteiger partial charge is 0.321 e. The van der Waals surface area contributed by atoms with Crippen LogP contribution in [0.4, 0.5) is 11.6 Å². The summed E-state index contributed by atoms with van der Waals surface area (Å²) < 4.78 is 30.5. The summed E-state index contributed by atoms with van der Waals surface area (Å²) in [6.07, 6.45) is 9.28. The molecule has 2 N–H and O–H groups in total. The summed E-state index contributed by atoms with van der Waals surface area (Å²) >= 11 is 0. The third kappa shape index (κ3) is 3.62. The van der Waals surface area contributed by atoms with Crippen molar-refractivity contribution in [3.05, 3.63) is 36.4 Å². The lowest BCUT2D eigenvalue weighted by molar-refractivity contribution is 0.340. The van der Waals surface area contributed by atoms with Crippen LogP contribution >= 0.6 is 0 Å². The Morgan fingerprint density at radius 1 is 1.39 bits per heavy atom. The zero-order valence-corrected chi connectivity index (χ0v) is 16.1. The number of nitrogens with zero attached hydrogens (tertiary/aromatic N) is 6. The molecule has 28 heavy (non-hydrogen) atoms. The minimum absolute atomic E-state index is 0.133. The van der Waals surface area contributed by atoms with Crippen LogP contribution in [-0.4, -0.2) is 51.1 Å². The second-order valence-corrected chi connectivity index (χ2v) is 8.46. The lowest BCUT2D eigenvalue weighted by Gasteiger charge is -2.32. The molecule has 0 radical (unpaired) electrons. The molecule has 4 heterocycles. The van der Waals surface area contributed by atoms with Crippen LogP contribution in [0.2, 0.25) is 0 Å². The van der Waals surface area contributed by atoms with Crippen LogP contribution < -0.4 is 10.0 Å². The van der Waals surface area contributed by atoms with Gasteiger partial charge in [0.15, 0.2) is 0 Å². The maximum Gasteiger partial charge on any atom is 0.281 e. The Kier molecular flexibility index (Phi) is 4.84. The molecule has 1 fully saturated rings. The predicted molar refractivity (Wildman–Crippen MR) is 102 cm³/mol. The fraction of sp³-hybridized carbons (Fsp3) is 0.412. The summed E-state index contributed by atoms with van der Waals surface area (Å²) in [6, 6.07) is 3.28. The van der Waals surface area contributed by atoms with Gasteiger partial charge in [0.2, 0.25) is 5.95 Å². The number of anilines is 2. The molecule has 2 atom stereocenters. The van der Waals surface area contributed by atoms with Gasteiger partial charge in [0.1, 0.15) is 0 Å². The second kappa shape index (κ2) is 7.31. The highest BCUT2D eigenvalue weighted by molar-refractivity contribution is 7.87. The van der Waals surface area contributed by atoms with Gasteiger partial charge >= 0.3 is 0 Å². The van der Waals surface area contributed by atoms with Crippen molar-refractivity contribution in [2.24, 2.45) is 7.05 Å². The van der Waals surface area contributed by atoms with E-state index in [9.17, 15) is 8.42 Å². The molecule has 11 heteroatoms. The van der Waals surface area contributed by atoms with Crippen LogP contribution in [0.25, 0.3) is 5.57 Å². The average Bonchev–Trinajstić information content (AvgIpc) is 3.20. The van der Waals surface area contributed by atoms with Crippen molar-refractivity contribution < 1.29 is 8.42 Å². The molecule has 10 nitrogen and oxygen atoms in total. The lowest BCUT2D eigenvalue weighted by Crippen LogP contribution is -2.48. The van der Waals surface area contributed by atoms with Crippen LogP contribution in [0.5, 0.6) is 0 Å². The van der Waals surface area contributed by atoms with E-state index in [1.807, 2.05) is 31.5 Å². The highest BCUT2D eigenvalue weighted by Gasteiger charge is 2.43. The molecule has 0 aliphatic carbocycles. The smallest absolute Gasteiger partial charge is 0.281 e. The zero-order valence-electron chi connectivity index (χ0n) is 15.3. The molecule has 2 aliphatic heterocycles. The van der Waals surface area contributed by atoms with E-state index < -0.39 is 10.2 Å². The van der Waals surface area contributed by atoms with E-state index in [2.05, 4.69) is 25.1 Å². The van der Waals surface area contributed by atoms with Crippen LogP contribution in [0.3, 0.4) is 0 Å². The van der Waals surface area contributed by atoms with E-state index in [-0.39, 0.29) is 18.6 Å². The lowest BCUT2D eigenvalue weighted by atomic mass is 10.0. The highest BCUT2D eigenvalue weighted by atomic mass is 32.2. The van der Waals surface area contributed by atoms with E-state index in [1.165, 1.54) is 4.31 Å². The van der Waals surface area contributed by atoms with E-state index in [4.69, 9.17) is 5.26 Å². The summed E-state index contributed by atoms with van der Waals surface area (Å²) in [7, 11) is -1.84. The van der Waals surface area contributed by atoms with Gasteiger partial charge < -0.3 is 5.32 Å². The van der Waals surface area contributed by atoms with Gasteiger partial charge in [-0.3, -0.25) is 4.68 Å². The predicted octanol–water partition coefficient (Wildman–Crippen LogP) is 0.932. The molecule has 146 valence electrons. The van der Waals surface area contributed by atoms with Crippen molar-refractivity contribution in [3.63, 3.8) is 0 Å². The minimum atomic E-state index is -3.67. The van der Waals surface area contributed by atoms with E-state index in [0.29, 0.717) is 12.4 Å². The van der Waals surface area contributed by atoms with E-state index in [1.54, 1.807) is 17.1 Å². The quantitative estimate of drug-likeness (QED) is 0.690. The number of aromatic nitrogens is 4. The molecule has 1 saturated heterocycles. The minimum Gasteiger partial charge on any atom is -0.321 e. The van der Waals surface area contributed by atoms with Gasteiger partial charge in [-0.15, -0.1) is 0 Å². The molecular formula is C17H20N8O2S. The monoisotopic (exact) mass is 400 g/mol. The topological polar surface area (TPSA) is 129 Å². The van der Waals surface area contributed by atoms with Crippen molar-refractivity contribution in [2.45, 2.75) is 31.3 Å². The Balaban J connectivity index is 1.56. The number of nitriles is 1. The van der Waals surface area contributed by atoms with E-state index in [0.717, 1.165) is 29.8 Å². The van der Waals surface area contributed by atoms with Crippen LogP contribution in [-0.2, 0) is 17.3 Å². The zero-order chi connectivity index (χ0) is 19.7. The summed E-state index contributed by atoms with van der Waals surface area (Å²) in [5.74, 6) is 0.462. The van der Waals surface area contributed by atoms with Gasteiger partial charge in [-0.1, -0.05) is 6.08 Å². The first kappa shape index (κ1) is 18.5. The molecule has 2 aromatic heterocycles. The van der Waals surface area contributed by atoms with Crippen LogP contribution in [0.1, 0.15) is 25.0 Å². The third-order valence-electron chi connectivity index (χ3n) is 4.89. The molecule has 2 aromatic rings. The highest BCUT2D eigenvalue weighted by Crippen LogP contribution is 2.39. The Bertz CT molecular complexity index is 1060. The third-order valence-corrected chi connectivity index (χ3v) is 6.52. The average molecular weight is 400 g/mol. The standard InChI is InChI=1S/C17H20N8O2S/c1-24-11-13(10-20-24)22-17-19-6-4-16(23-17)12-8-14-2-3-15(9-12)25(14)28(26,27)21-7-5-18/h4,6,8,10-11,14-15,21H,2-3,7,9H2,1H3,(H,19,22,23). The van der Waals surface area contributed by atoms with Crippen LogP contribution in [0, 0.1) is 11.3 Å². The molecule has 4 rings (SSSR count). The summed E-state index contributed by atoms with van der Waals surface area (Å²) in [5, 5.41) is 15.9. The molecule has 0 amide bonds. The first-order valence-electron chi connectivity index (χ1n) is 8.91. The Morgan fingerprint density at radius 3 is 2.96 bits per heavy atom. The first-order valence-corrected chi connectivity index (χ1v) is 10.3. The van der Waals surface area contributed by atoms with Gasteiger partial charge in [-0.2, -0.15) is 27.8 Å². The van der Waals surface area contributed by atoms with Crippen molar-refractivity contribution in [3.8, 4) is 6.07 Å². The fourth-order valence-corrected chi connectivity index (χ4v) is 5.26. The number of nitrogens with one attached hydrogen (secondary N) is 2. The van der Waals surface area contributed by atoms with Crippen molar-refractivity contribution >= 4 is 27.4 Å². The molecule has 0 spiro atoms. The number of hydrogen-bond acceptors (Lipinski definition) is 7. The van der Waals surface area contributed by atoms with Crippen molar-refractivity contribution in [2.75, 3.05) is 11.9 Å². The second-order valence-electron chi connectivity index (χ2n) is 6.80. The van der Waals surface area contributed by atoms with Crippen LogP contribution in [0.15, 0.2) is 30.7 Å². The summed E-state index contributed by atoms with van der Waals surface area (Å²) in [5.41, 5.74) is 2.58. The normalized spacial score (nSPS) is 21.9. The molecule has 2 bridgehead atoms. The van der Waals surface area contributed by atoms with Crippen molar-refractivity contribution in [1.82, 2.24) is 28.8 Å². The molecule has 0 aromatic carbocycles. The van der Waals surface area contributed by atoms with Crippen molar-refractivity contribution in [1.29, 1.82) is 5.26 Å². The molecule has 0 saturated carbocycles. The van der Waals surface area contributed by atoms with Gasteiger partial charge in [0, 0.05) is 31.5 Å². The Hall–Kier alpha value is -2.81. The maximum absolute atomic E-state index is 12.5. The van der Waals surface area contributed by atoms with Gasteiger partial charge in [0.25, 0.3) is 10.2 Å². The Labute approximate surface area is 163 Å². The molecular weight excluding hydrogens is 380 g/mol. The number of hydrogen-bond donors (Lipinski definition) is 2. The van der Waals surface area contributed by atoms with Gasteiger partial charge in [0.05, 0.1) is 30.2 Å². The maximum atomic E-state index is 12.5. The number of rotatable bonds is 6. The molecule has 2 aliphatic rings. The SMILES string of the molecule is Cn1cc(Nc2nccc(C3=CC4CCC(C3)N4S(=O)(=O)NCC#N)n2)cn1. The van der Waals surface area contributed by atoms with Gasteiger partial charge in [-0.05, 0) is 30.9 Å². The number of aryl methyl sites for hydroxylation is 1. The fourth-order valence-electron chi connectivity index (χ4n) is 3.77. The first-order chi connectivity index (χ1) is 13.5. The summed E-state index contributed by atoms with van der Waals surface area (Å²) in [4.78, 5) is 8.83. The summed E-state index contributed by atoms with van der Waals surface area (Å²) in [6.45, 7) is -0.232.